The number of carbonyl (C=O) groups excluding carboxylic acids is 5. The molecule has 1 aliphatic heterocycles. The molecule has 0 saturated carbocycles. The van der Waals surface area contributed by atoms with E-state index in [0.717, 1.165) is 18.7 Å². The van der Waals surface area contributed by atoms with Gasteiger partial charge in [-0.2, -0.15) is 0 Å². The number of rotatable bonds is 20. The summed E-state index contributed by atoms with van der Waals surface area (Å²) >= 11 is 13.0. The average molecular weight is 844 g/mol. The van der Waals surface area contributed by atoms with Gasteiger partial charge >= 0.3 is 18.0 Å². The van der Waals surface area contributed by atoms with Gasteiger partial charge in [0, 0.05) is 36.6 Å². The van der Waals surface area contributed by atoms with Crippen LogP contribution in [-0.4, -0.2) is 104 Å². The van der Waals surface area contributed by atoms with Gasteiger partial charge < -0.3 is 44.8 Å². The summed E-state index contributed by atoms with van der Waals surface area (Å²) in [4.78, 5) is 78.5. The zero-order valence-corrected chi connectivity index (χ0v) is 33.9. The van der Waals surface area contributed by atoms with Gasteiger partial charge in [-0.1, -0.05) is 79.5 Å². The van der Waals surface area contributed by atoms with Crippen LogP contribution in [0.25, 0.3) is 0 Å². The first kappa shape index (κ1) is 45.5. The second-order valence-corrected chi connectivity index (χ2v) is 14.8. The van der Waals surface area contributed by atoms with Crippen LogP contribution in [0.4, 0.5) is 4.79 Å². The van der Waals surface area contributed by atoms with E-state index < -0.39 is 53.9 Å². The van der Waals surface area contributed by atoms with Crippen LogP contribution in [0.5, 0.6) is 11.5 Å². The van der Waals surface area contributed by atoms with Crippen molar-refractivity contribution in [2.24, 2.45) is 5.92 Å². The van der Waals surface area contributed by atoms with Gasteiger partial charge in [0.1, 0.15) is 55.0 Å². The molecule has 0 spiro atoms. The number of nitrogens with one attached hydrogen (secondary N) is 3. The third kappa shape index (κ3) is 14.0. The molecule has 1 unspecified atom stereocenters. The molecule has 0 bridgehead atoms. The Morgan fingerprint density at radius 3 is 2.17 bits per heavy atom. The van der Waals surface area contributed by atoms with E-state index in [1.54, 1.807) is 30.3 Å². The largest absolute Gasteiger partial charge is 0.491 e. The highest BCUT2D eigenvalue weighted by Crippen LogP contribution is 2.38. The standard InChI is InChI=1S/C41H48Cl2N4O11/c1-25(2)21-32(45-37(49)26(3)44-41(54)57-24-28-7-5-4-6-8-28)38(50)46-33(39(51)52)22-27-9-11-29(12-10-27)58-40(53)30(23-48)35-31(42)13-14-34(36(35)43)56-20-17-47-15-18-55-19-16-47/h4-14,23,25-26,30,32-33H,15-22,24H2,1-3H3,(H,44,54)(H,45,49)(H,46,50)(H,51,52)/t26-,30?,32+,33+/m1/s1. The molecule has 3 aromatic carbocycles. The number of carbonyl (C=O) groups is 6. The van der Waals surface area contributed by atoms with Gasteiger partial charge in [-0.25, -0.2) is 9.59 Å². The van der Waals surface area contributed by atoms with Crippen molar-refractivity contribution < 1.29 is 52.8 Å². The van der Waals surface area contributed by atoms with Gasteiger partial charge in [0.15, 0.2) is 0 Å². The van der Waals surface area contributed by atoms with Crippen LogP contribution in [0, 0.1) is 5.92 Å². The zero-order chi connectivity index (χ0) is 42.2. The molecule has 4 N–H and O–H groups in total. The molecule has 4 atom stereocenters. The SMILES string of the molecule is CC(C)C[C@H](NC(=O)[C@@H](C)NC(=O)OCc1ccccc1)C(=O)N[C@@H](Cc1ccc(OC(=O)C(C=O)c2c(Cl)ccc(OCCN3CCOCC3)c2Cl)cc1)C(=O)O. The summed E-state index contributed by atoms with van der Waals surface area (Å²) in [6.07, 6.45) is -0.441. The Morgan fingerprint density at radius 1 is 0.862 bits per heavy atom. The summed E-state index contributed by atoms with van der Waals surface area (Å²) in [5.74, 6) is -4.95. The molecule has 3 amide bonds. The number of esters is 1. The minimum absolute atomic E-state index is 0.00115. The fourth-order valence-corrected chi connectivity index (χ4v) is 6.55. The van der Waals surface area contributed by atoms with Gasteiger partial charge in [-0.15, -0.1) is 0 Å². The predicted octanol–water partition coefficient (Wildman–Crippen LogP) is 4.55. The molecule has 58 heavy (non-hydrogen) atoms. The summed E-state index contributed by atoms with van der Waals surface area (Å²) in [5.41, 5.74) is 1.25. The molecule has 3 aromatic rings. The topological polar surface area (TPSA) is 199 Å². The van der Waals surface area contributed by atoms with Gasteiger partial charge in [0.05, 0.1) is 18.2 Å². The number of carboxylic acid groups (broad SMARTS) is 1. The highest BCUT2D eigenvalue weighted by atomic mass is 35.5. The van der Waals surface area contributed by atoms with Gasteiger partial charge in [-0.3, -0.25) is 19.3 Å². The molecule has 1 fully saturated rings. The fraction of sp³-hybridized carbons (Fsp3) is 0.415. The Balaban J connectivity index is 1.33. The van der Waals surface area contributed by atoms with Crippen LogP contribution in [0.3, 0.4) is 0 Å². The summed E-state index contributed by atoms with van der Waals surface area (Å²) in [6.45, 7) is 8.84. The normalized spacial score (nSPS) is 14.9. The minimum atomic E-state index is -1.49. The molecule has 1 aliphatic rings. The second-order valence-electron chi connectivity index (χ2n) is 14.0. The summed E-state index contributed by atoms with van der Waals surface area (Å²) in [6, 6.07) is 14.2. The van der Waals surface area contributed by atoms with Crippen molar-refractivity contribution in [3.05, 3.63) is 93.5 Å². The summed E-state index contributed by atoms with van der Waals surface area (Å²) < 4.78 is 21.9. The maximum absolute atomic E-state index is 13.4. The monoisotopic (exact) mass is 842 g/mol. The van der Waals surface area contributed by atoms with E-state index in [1.165, 1.54) is 37.3 Å². The smallest absolute Gasteiger partial charge is 0.408 e. The van der Waals surface area contributed by atoms with Crippen LogP contribution in [0.15, 0.2) is 66.7 Å². The second kappa shape index (κ2) is 22.6. The highest BCUT2D eigenvalue weighted by molar-refractivity contribution is 6.37. The van der Waals surface area contributed by atoms with Crippen molar-refractivity contribution in [3.8, 4) is 11.5 Å². The lowest BCUT2D eigenvalue weighted by Gasteiger charge is -2.26. The average Bonchev–Trinajstić information content (AvgIpc) is 3.20. The number of nitrogens with zero attached hydrogens (tertiary/aromatic N) is 1. The quantitative estimate of drug-likeness (QED) is 0.0537. The fourth-order valence-electron chi connectivity index (χ4n) is 5.88. The molecule has 1 heterocycles. The molecule has 1 saturated heterocycles. The Bertz CT molecular complexity index is 1880. The number of aldehydes is 1. The Hall–Kier alpha value is -5.22. The number of aliphatic carboxylic acids is 1. The number of alkyl carbamates (subject to hydrolysis) is 1. The molecule has 4 rings (SSSR count). The Morgan fingerprint density at radius 2 is 1.53 bits per heavy atom. The number of carboxylic acids is 1. The first-order chi connectivity index (χ1) is 27.7. The molecule has 312 valence electrons. The van der Waals surface area contributed by atoms with Crippen molar-refractivity contribution in [3.63, 3.8) is 0 Å². The molecular weight excluding hydrogens is 795 g/mol. The maximum Gasteiger partial charge on any atom is 0.408 e. The van der Waals surface area contributed by atoms with Gasteiger partial charge in [0.25, 0.3) is 0 Å². The van der Waals surface area contributed by atoms with Crippen LogP contribution in [0.1, 0.15) is 49.8 Å². The van der Waals surface area contributed by atoms with E-state index in [4.69, 9.17) is 42.1 Å². The van der Waals surface area contributed by atoms with Crippen molar-refractivity contribution in [2.75, 3.05) is 39.5 Å². The van der Waals surface area contributed by atoms with Crippen LogP contribution in [-0.2, 0) is 46.5 Å². The van der Waals surface area contributed by atoms with E-state index in [2.05, 4.69) is 20.9 Å². The number of ether oxygens (including phenoxy) is 4. The minimum Gasteiger partial charge on any atom is -0.491 e. The zero-order valence-electron chi connectivity index (χ0n) is 32.4. The summed E-state index contributed by atoms with van der Waals surface area (Å²) in [7, 11) is 0. The van der Waals surface area contributed by atoms with E-state index in [-0.39, 0.29) is 52.5 Å². The molecule has 0 aliphatic carbocycles. The Kier molecular flexibility index (Phi) is 17.8. The number of benzene rings is 3. The lowest BCUT2D eigenvalue weighted by Crippen LogP contribution is -2.55. The van der Waals surface area contributed by atoms with E-state index >= 15 is 0 Å². The lowest BCUT2D eigenvalue weighted by atomic mass is 10.00. The predicted molar refractivity (Wildman–Crippen MR) is 214 cm³/mol. The number of hydrogen-bond donors (Lipinski definition) is 4. The van der Waals surface area contributed by atoms with Crippen molar-refractivity contribution in [2.45, 2.75) is 64.3 Å². The van der Waals surface area contributed by atoms with E-state index in [1.807, 2.05) is 19.9 Å². The third-order valence-electron chi connectivity index (χ3n) is 9.04. The lowest BCUT2D eigenvalue weighted by molar-refractivity contribution is -0.142. The van der Waals surface area contributed by atoms with Crippen molar-refractivity contribution in [1.29, 1.82) is 0 Å². The number of morpholine rings is 1. The molecule has 0 radical (unpaired) electrons. The molecule has 17 heteroatoms. The Labute approximate surface area is 346 Å². The van der Waals surface area contributed by atoms with Crippen LogP contribution in [0.2, 0.25) is 10.0 Å². The van der Waals surface area contributed by atoms with Gasteiger partial charge in [-0.05, 0) is 54.7 Å². The number of hydrogen-bond acceptors (Lipinski definition) is 11. The molecule has 15 nitrogen and oxygen atoms in total. The first-order valence-corrected chi connectivity index (χ1v) is 19.5. The molecular formula is C41H48Cl2N4O11. The van der Waals surface area contributed by atoms with Crippen LogP contribution >= 0.6 is 23.2 Å². The maximum atomic E-state index is 13.4. The van der Waals surface area contributed by atoms with Crippen molar-refractivity contribution >= 4 is 59.3 Å². The van der Waals surface area contributed by atoms with Gasteiger partial charge in [0.2, 0.25) is 11.8 Å². The van der Waals surface area contributed by atoms with Crippen LogP contribution < -0.4 is 25.4 Å². The highest BCUT2D eigenvalue weighted by Gasteiger charge is 2.31. The number of amides is 3. The van der Waals surface area contributed by atoms with E-state index in [9.17, 15) is 33.9 Å². The molecule has 0 aromatic heterocycles. The van der Waals surface area contributed by atoms with Crippen molar-refractivity contribution in [1.82, 2.24) is 20.9 Å². The first-order valence-electron chi connectivity index (χ1n) is 18.7. The summed E-state index contributed by atoms with van der Waals surface area (Å²) in [5, 5.41) is 17.6. The third-order valence-corrected chi connectivity index (χ3v) is 9.76. The van der Waals surface area contributed by atoms with E-state index in [0.29, 0.717) is 38.2 Å². The number of halogens is 2.